The monoisotopic (exact) mass is 681 g/mol. The van der Waals surface area contributed by atoms with Gasteiger partial charge in [-0.25, -0.2) is 19.0 Å². The highest BCUT2D eigenvalue weighted by Gasteiger charge is 2.32. The predicted molar refractivity (Wildman–Crippen MR) is 157 cm³/mol. The fourth-order valence-electron chi connectivity index (χ4n) is 4.89. The summed E-state index contributed by atoms with van der Waals surface area (Å²) in [7, 11) is 0. The molecule has 5 aromatic heterocycles. The lowest BCUT2D eigenvalue weighted by atomic mass is 10.0. The van der Waals surface area contributed by atoms with E-state index in [1.165, 1.54) is 10.4 Å². The van der Waals surface area contributed by atoms with Gasteiger partial charge in [0, 0.05) is 58.7 Å². The molecule has 0 atom stereocenters. The van der Waals surface area contributed by atoms with E-state index in [9.17, 15) is 14.4 Å². The molecule has 2 amide bonds. The van der Waals surface area contributed by atoms with Gasteiger partial charge in [0.25, 0.3) is 11.8 Å². The second-order valence-corrected chi connectivity index (χ2v) is 12.4. The number of hydroxylamine groups is 2. The van der Waals surface area contributed by atoms with Crippen molar-refractivity contribution in [3.05, 3.63) is 58.5 Å². The number of nitrogens with zero attached hydrogens (tertiary/aromatic N) is 5. The second kappa shape index (κ2) is 13.2. The van der Waals surface area contributed by atoms with Crippen LogP contribution in [0.5, 0.6) is 0 Å². The van der Waals surface area contributed by atoms with Crippen LogP contribution < -0.4 is 21.5 Å². The van der Waals surface area contributed by atoms with Crippen LogP contribution in [0, 0.1) is 13.8 Å². The van der Waals surface area contributed by atoms with E-state index in [-0.39, 0.29) is 36.2 Å². The molecule has 1 aliphatic rings. The van der Waals surface area contributed by atoms with Gasteiger partial charge in [0.2, 0.25) is 0 Å². The van der Waals surface area contributed by atoms with Gasteiger partial charge >= 0.3 is 5.97 Å². The lowest BCUT2D eigenvalue weighted by Crippen LogP contribution is -3.00. The highest BCUT2D eigenvalue weighted by Crippen LogP contribution is 2.42. The number of hydrogen-bond donors (Lipinski definition) is 0. The summed E-state index contributed by atoms with van der Waals surface area (Å²) < 4.78 is 7.33. The van der Waals surface area contributed by atoms with Crippen LogP contribution in [0.3, 0.4) is 0 Å². The summed E-state index contributed by atoms with van der Waals surface area (Å²) >= 11 is 3.30. The van der Waals surface area contributed by atoms with Crippen LogP contribution in [0.4, 0.5) is 0 Å². The molecule has 0 spiro atoms. The van der Waals surface area contributed by atoms with Crippen LogP contribution in [0.15, 0.2) is 52.7 Å². The summed E-state index contributed by atoms with van der Waals surface area (Å²) in [5.41, 5.74) is 5.95. The lowest BCUT2D eigenvalue weighted by Gasteiger charge is -2.12. The number of carbonyl (C=O) groups excluding carboxylic acids is 3. The van der Waals surface area contributed by atoms with Gasteiger partial charge in [0.05, 0.1) is 10.6 Å². The van der Waals surface area contributed by atoms with Crippen molar-refractivity contribution in [2.24, 2.45) is 0 Å². The van der Waals surface area contributed by atoms with Crippen molar-refractivity contribution in [3.8, 4) is 32.3 Å². The summed E-state index contributed by atoms with van der Waals surface area (Å²) in [4.78, 5) is 48.5. The number of amides is 2. The molecule has 1 fully saturated rings. The van der Waals surface area contributed by atoms with Crippen LogP contribution in [0.25, 0.3) is 43.3 Å². The Kier molecular flexibility index (Phi) is 9.43. The van der Waals surface area contributed by atoms with Gasteiger partial charge in [-0.05, 0) is 66.1 Å². The van der Waals surface area contributed by atoms with E-state index in [2.05, 4.69) is 64.4 Å². The van der Waals surface area contributed by atoms with Crippen molar-refractivity contribution in [2.45, 2.75) is 58.9 Å². The van der Waals surface area contributed by atoms with Crippen molar-refractivity contribution in [3.63, 3.8) is 0 Å². The quantitative estimate of drug-likeness (QED) is 0.125. The summed E-state index contributed by atoms with van der Waals surface area (Å²) in [6.45, 7) is 4.91. The zero-order valence-corrected chi connectivity index (χ0v) is 26.8. The number of thiophene rings is 2. The fourth-order valence-corrected chi connectivity index (χ4v) is 6.69. The van der Waals surface area contributed by atoms with Crippen molar-refractivity contribution >= 4 is 51.5 Å². The van der Waals surface area contributed by atoms with Gasteiger partial charge < -0.3 is 21.8 Å². The third kappa shape index (κ3) is 6.58. The van der Waals surface area contributed by atoms with E-state index in [4.69, 9.17) is 14.5 Å². The minimum atomic E-state index is -0.559. The van der Waals surface area contributed by atoms with Gasteiger partial charge in [-0.1, -0.05) is 0 Å². The Hall–Kier alpha value is -3.81. The fraction of sp³-hybridized carbons (Fsp3) is 0.300. The molecule has 0 radical (unpaired) electrons. The minimum absolute atomic E-state index is 0. The van der Waals surface area contributed by atoms with Crippen LogP contribution in [0.2, 0.25) is 0 Å². The molecule has 13 heteroatoms. The molecule has 43 heavy (non-hydrogen) atoms. The Bertz CT molecular complexity index is 1780. The van der Waals surface area contributed by atoms with Crippen LogP contribution >= 0.6 is 22.7 Å². The largest absolute Gasteiger partial charge is 1.00 e. The molecule has 0 bridgehead atoms. The van der Waals surface area contributed by atoms with Crippen LogP contribution in [0.1, 0.15) is 49.0 Å². The first kappa shape index (κ1) is 30.6. The number of fused-ring (bicyclic) bond motifs is 1. The van der Waals surface area contributed by atoms with E-state index < -0.39 is 17.8 Å². The van der Waals surface area contributed by atoms with E-state index in [0.29, 0.717) is 22.5 Å². The Morgan fingerprint density at radius 2 is 1.72 bits per heavy atom. The maximum atomic E-state index is 12.0. The summed E-state index contributed by atoms with van der Waals surface area (Å²) in [6, 6.07) is 10.4. The third-order valence-corrected chi connectivity index (χ3v) is 9.09. The number of unbranched alkanes of at least 4 members (excludes halogenated alkanes) is 2. The first-order chi connectivity index (χ1) is 20.4. The molecule has 5 aromatic rings. The molecule has 0 N–H and O–H groups in total. The lowest BCUT2D eigenvalue weighted by molar-refractivity contribution is -0.697. The number of imide groups is 1. The molecular weight excluding hydrogens is 654 g/mol. The summed E-state index contributed by atoms with van der Waals surface area (Å²) in [6.07, 6.45) is 6.66. The topological polar surface area (TPSA) is 119 Å². The zero-order valence-electron chi connectivity index (χ0n) is 23.5. The number of rotatable bonds is 10. The van der Waals surface area contributed by atoms with Crippen molar-refractivity contribution in [1.29, 1.82) is 0 Å². The number of hydrogen-bond acceptors (Lipinski definition) is 10. The number of halogens is 1. The van der Waals surface area contributed by atoms with Crippen molar-refractivity contribution < 1.29 is 45.4 Å². The molecule has 222 valence electrons. The molecule has 0 saturated carbocycles. The normalized spacial score (nSPS) is 13.1. The maximum absolute atomic E-state index is 12.0. The number of aryl methyl sites for hydroxylation is 3. The number of pyridine rings is 2. The summed E-state index contributed by atoms with van der Waals surface area (Å²) in [5.74, 6) is -1.48. The molecule has 6 rings (SSSR count). The Labute approximate surface area is 266 Å². The Morgan fingerprint density at radius 1 is 0.977 bits per heavy atom. The van der Waals surface area contributed by atoms with E-state index in [1.54, 1.807) is 22.7 Å². The van der Waals surface area contributed by atoms with Crippen molar-refractivity contribution in [2.75, 3.05) is 0 Å². The number of aromatic nitrogens is 4. The van der Waals surface area contributed by atoms with Crippen molar-refractivity contribution in [1.82, 2.24) is 20.4 Å². The Balaban J connectivity index is 0.00000368. The average molecular weight is 683 g/mol. The first-order valence-corrected chi connectivity index (χ1v) is 15.4. The molecule has 1 saturated heterocycles. The SMILES string of the molecule is Cc1csc(-c2c(-c3cc[n+](CCCCCC(=O)ON4C(=O)CCC4=O)cc3)nc(-c3ccc(C)s3)c3nonc23)c1.[Br-]. The molecule has 6 heterocycles. The average Bonchev–Trinajstić information content (AvgIpc) is 3.79. The first-order valence-electron chi connectivity index (χ1n) is 13.7. The zero-order chi connectivity index (χ0) is 29.2. The molecule has 0 unspecified atom stereocenters. The predicted octanol–water partition coefficient (Wildman–Crippen LogP) is 2.82. The molecule has 1 aliphatic heterocycles. The highest BCUT2D eigenvalue weighted by molar-refractivity contribution is 7.15. The standard InChI is InChI=1S/C30H28N5O5S2.BrH/c1-18-16-22(41-17-18)26-27(31-28(21-8-7-19(2)42-21)30-29(26)32-40-33-30)20-11-14-34(15-12-20)13-5-3-4-6-25(38)39-35-23(36)9-10-24(35)37;/h7-8,11-12,14-17H,3-6,9-10,13H2,1-2H3;1H/q+1;/p-1. The second-order valence-electron chi connectivity index (χ2n) is 10.2. The van der Waals surface area contributed by atoms with Crippen LogP contribution in [-0.4, -0.2) is 38.1 Å². The molecule has 0 aromatic carbocycles. The summed E-state index contributed by atoms with van der Waals surface area (Å²) in [5, 5.41) is 11.3. The smallest absolute Gasteiger partial charge is 0.333 e. The maximum Gasteiger partial charge on any atom is 0.333 e. The molecule has 0 aliphatic carbocycles. The van der Waals surface area contributed by atoms with Gasteiger partial charge in [-0.3, -0.25) is 9.59 Å². The Morgan fingerprint density at radius 3 is 2.40 bits per heavy atom. The highest BCUT2D eigenvalue weighted by atomic mass is 79.9. The third-order valence-electron chi connectivity index (χ3n) is 7.02. The van der Waals surface area contributed by atoms with Gasteiger partial charge in [-0.2, -0.15) is 0 Å². The van der Waals surface area contributed by atoms with Gasteiger partial charge in [0.15, 0.2) is 17.9 Å². The van der Waals surface area contributed by atoms with Crippen LogP contribution in [-0.2, 0) is 25.8 Å². The van der Waals surface area contributed by atoms with E-state index in [0.717, 1.165) is 51.7 Å². The van der Waals surface area contributed by atoms with E-state index in [1.807, 2.05) is 12.4 Å². The molecular formula is C30H28BrN5O5S2. The number of carbonyl (C=O) groups is 3. The van der Waals surface area contributed by atoms with Gasteiger partial charge in [-0.15, -0.1) is 27.7 Å². The van der Waals surface area contributed by atoms with Gasteiger partial charge in [0.1, 0.15) is 17.8 Å². The minimum Gasteiger partial charge on any atom is -1.00 e. The van der Waals surface area contributed by atoms with E-state index >= 15 is 0 Å². The molecule has 10 nitrogen and oxygen atoms in total.